The molecule has 7 nitrogen and oxygen atoms in total. The van der Waals surface area contributed by atoms with Crippen LogP contribution in [-0.4, -0.2) is 41.8 Å². The van der Waals surface area contributed by atoms with E-state index in [1.54, 1.807) is 6.20 Å². The Morgan fingerprint density at radius 2 is 1.68 bits per heavy atom. The molecule has 204 valence electrons. The van der Waals surface area contributed by atoms with Crippen LogP contribution < -0.4 is 19.5 Å². The number of carbonyl (C=O) groups excluding carboxylic acids is 1. The SMILES string of the molecule is O=C(NCc1ccc(OC2CCN(Cc3cc4c(cc3Cl)OCO4)CC2)nc1)c1ccc(-c2ccccc2)cc1. The van der Waals surface area contributed by atoms with Gasteiger partial charge >= 0.3 is 0 Å². The van der Waals surface area contributed by atoms with Crippen LogP contribution in [-0.2, 0) is 13.1 Å². The molecule has 3 aromatic carbocycles. The summed E-state index contributed by atoms with van der Waals surface area (Å²) in [5.41, 5.74) is 4.78. The van der Waals surface area contributed by atoms with Crippen LogP contribution in [0, 0.1) is 0 Å². The molecule has 1 fully saturated rings. The van der Waals surface area contributed by atoms with Gasteiger partial charge in [-0.2, -0.15) is 0 Å². The van der Waals surface area contributed by atoms with E-state index in [0.29, 0.717) is 28.8 Å². The molecule has 2 aliphatic heterocycles. The first kappa shape index (κ1) is 26.2. The van der Waals surface area contributed by atoms with Gasteiger partial charge in [-0.25, -0.2) is 4.98 Å². The number of nitrogens with zero attached hydrogens (tertiary/aromatic N) is 2. The second kappa shape index (κ2) is 12.0. The highest BCUT2D eigenvalue weighted by Gasteiger charge is 2.23. The summed E-state index contributed by atoms with van der Waals surface area (Å²) in [5, 5.41) is 3.67. The molecule has 40 heavy (non-hydrogen) atoms. The van der Waals surface area contributed by atoms with Gasteiger partial charge in [0.1, 0.15) is 6.10 Å². The van der Waals surface area contributed by atoms with Crippen LogP contribution in [0.25, 0.3) is 11.1 Å². The Kier molecular flexibility index (Phi) is 7.84. The molecule has 0 aliphatic carbocycles. The first-order valence-electron chi connectivity index (χ1n) is 13.5. The van der Waals surface area contributed by atoms with Crippen molar-refractivity contribution in [3.63, 3.8) is 0 Å². The van der Waals surface area contributed by atoms with Gasteiger partial charge in [-0.15, -0.1) is 0 Å². The number of fused-ring (bicyclic) bond motifs is 1. The molecule has 0 atom stereocenters. The van der Waals surface area contributed by atoms with Crippen LogP contribution in [0.4, 0.5) is 0 Å². The molecule has 2 aliphatic rings. The van der Waals surface area contributed by atoms with E-state index >= 15 is 0 Å². The summed E-state index contributed by atoms with van der Waals surface area (Å²) < 4.78 is 17.0. The molecule has 0 saturated carbocycles. The van der Waals surface area contributed by atoms with E-state index in [1.165, 1.54) is 0 Å². The van der Waals surface area contributed by atoms with E-state index in [-0.39, 0.29) is 18.8 Å². The zero-order valence-electron chi connectivity index (χ0n) is 22.0. The monoisotopic (exact) mass is 555 g/mol. The molecule has 1 N–H and O–H groups in total. The van der Waals surface area contributed by atoms with Gasteiger partial charge in [-0.3, -0.25) is 9.69 Å². The largest absolute Gasteiger partial charge is 0.474 e. The molecule has 3 heterocycles. The summed E-state index contributed by atoms with van der Waals surface area (Å²) in [6.45, 7) is 3.22. The number of aromatic nitrogens is 1. The molecular formula is C32H30ClN3O4. The maximum Gasteiger partial charge on any atom is 0.251 e. The number of piperidine rings is 1. The van der Waals surface area contributed by atoms with E-state index in [2.05, 4.69) is 27.3 Å². The predicted molar refractivity (Wildman–Crippen MR) is 154 cm³/mol. The van der Waals surface area contributed by atoms with Gasteiger partial charge in [0, 0.05) is 55.1 Å². The Morgan fingerprint density at radius 3 is 2.40 bits per heavy atom. The number of hydrogen-bond acceptors (Lipinski definition) is 6. The Morgan fingerprint density at radius 1 is 0.950 bits per heavy atom. The van der Waals surface area contributed by atoms with Crippen molar-refractivity contribution in [3.8, 4) is 28.5 Å². The number of ether oxygens (including phenoxy) is 3. The van der Waals surface area contributed by atoms with E-state index in [0.717, 1.165) is 60.5 Å². The number of pyridine rings is 1. The van der Waals surface area contributed by atoms with E-state index < -0.39 is 0 Å². The van der Waals surface area contributed by atoms with Crippen LogP contribution in [0.5, 0.6) is 17.4 Å². The Bertz CT molecular complexity index is 1450. The Balaban J connectivity index is 0.951. The second-order valence-corrected chi connectivity index (χ2v) is 10.4. The van der Waals surface area contributed by atoms with Gasteiger partial charge in [-0.05, 0) is 53.3 Å². The summed E-state index contributed by atoms with van der Waals surface area (Å²) in [6.07, 6.45) is 3.68. The molecule has 0 unspecified atom stereocenters. The highest BCUT2D eigenvalue weighted by Crippen LogP contribution is 2.37. The van der Waals surface area contributed by atoms with Crippen molar-refractivity contribution in [2.45, 2.75) is 32.0 Å². The number of nitrogens with one attached hydrogen (secondary N) is 1. The molecule has 0 radical (unpaired) electrons. The van der Waals surface area contributed by atoms with E-state index in [9.17, 15) is 4.79 Å². The molecular weight excluding hydrogens is 526 g/mol. The normalized spacial score (nSPS) is 15.1. The third-order valence-corrected chi connectivity index (χ3v) is 7.61. The zero-order chi connectivity index (χ0) is 27.3. The fourth-order valence-electron chi connectivity index (χ4n) is 4.99. The lowest BCUT2D eigenvalue weighted by Gasteiger charge is -2.32. The average molecular weight is 556 g/mol. The summed E-state index contributed by atoms with van der Waals surface area (Å²) in [5.74, 6) is 1.94. The van der Waals surface area contributed by atoms with Crippen molar-refractivity contribution in [1.29, 1.82) is 0 Å². The number of rotatable bonds is 8. The Labute approximate surface area is 238 Å². The van der Waals surface area contributed by atoms with E-state index in [1.807, 2.05) is 66.7 Å². The zero-order valence-corrected chi connectivity index (χ0v) is 22.8. The minimum atomic E-state index is -0.117. The van der Waals surface area contributed by atoms with Crippen molar-refractivity contribution < 1.29 is 19.0 Å². The highest BCUT2D eigenvalue weighted by molar-refractivity contribution is 6.31. The lowest BCUT2D eigenvalue weighted by molar-refractivity contribution is 0.0931. The van der Waals surface area contributed by atoms with Crippen molar-refractivity contribution in [2.24, 2.45) is 0 Å². The molecule has 6 rings (SSSR count). The fourth-order valence-corrected chi connectivity index (χ4v) is 5.21. The summed E-state index contributed by atoms with van der Waals surface area (Å²) in [6, 6.07) is 25.4. The third-order valence-electron chi connectivity index (χ3n) is 7.26. The van der Waals surface area contributed by atoms with Gasteiger partial charge in [-0.1, -0.05) is 60.1 Å². The first-order valence-corrected chi connectivity index (χ1v) is 13.8. The Hall–Kier alpha value is -4.07. The predicted octanol–water partition coefficient (Wildman–Crippen LogP) is 6.10. The molecule has 1 saturated heterocycles. The summed E-state index contributed by atoms with van der Waals surface area (Å²) in [4.78, 5) is 19.5. The lowest BCUT2D eigenvalue weighted by Crippen LogP contribution is -2.38. The first-order chi connectivity index (χ1) is 19.6. The van der Waals surface area contributed by atoms with Crippen molar-refractivity contribution in [3.05, 3.63) is 107 Å². The minimum Gasteiger partial charge on any atom is -0.474 e. The van der Waals surface area contributed by atoms with Crippen LogP contribution >= 0.6 is 11.6 Å². The molecule has 1 aromatic heterocycles. The van der Waals surface area contributed by atoms with Crippen LogP contribution in [0.15, 0.2) is 85.1 Å². The number of benzene rings is 3. The lowest BCUT2D eigenvalue weighted by atomic mass is 10.0. The smallest absolute Gasteiger partial charge is 0.251 e. The molecule has 0 bridgehead atoms. The number of carbonyl (C=O) groups is 1. The third kappa shape index (κ3) is 6.22. The van der Waals surface area contributed by atoms with Crippen molar-refractivity contribution in [2.75, 3.05) is 19.9 Å². The molecule has 1 amide bonds. The maximum atomic E-state index is 12.6. The number of likely N-dealkylation sites (tertiary alicyclic amines) is 1. The quantitative estimate of drug-likeness (QED) is 0.283. The molecule has 0 spiro atoms. The summed E-state index contributed by atoms with van der Waals surface area (Å²) >= 11 is 6.46. The van der Waals surface area contributed by atoms with Gasteiger partial charge in [0.05, 0.1) is 0 Å². The summed E-state index contributed by atoms with van der Waals surface area (Å²) in [7, 11) is 0. The van der Waals surface area contributed by atoms with Crippen LogP contribution in [0.2, 0.25) is 5.02 Å². The number of halogens is 1. The van der Waals surface area contributed by atoms with Crippen molar-refractivity contribution in [1.82, 2.24) is 15.2 Å². The van der Waals surface area contributed by atoms with Gasteiger partial charge in [0.25, 0.3) is 5.91 Å². The van der Waals surface area contributed by atoms with Crippen LogP contribution in [0.1, 0.15) is 34.3 Å². The number of amides is 1. The minimum absolute atomic E-state index is 0.111. The fraction of sp³-hybridized carbons (Fsp3) is 0.250. The van der Waals surface area contributed by atoms with Gasteiger partial charge < -0.3 is 19.5 Å². The van der Waals surface area contributed by atoms with E-state index in [4.69, 9.17) is 25.8 Å². The standard InChI is InChI=1S/C32H30ClN3O4/c33-28-17-30-29(38-21-39-30)16-26(28)20-36-14-12-27(13-15-36)40-31-11-6-22(18-34-31)19-35-32(37)25-9-7-24(8-10-25)23-4-2-1-3-5-23/h1-11,16-18,27H,12-15,19-21H2,(H,35,37). The topological polar surface area (TPSA) is 72.9 Å². The van der Waals surface area contributed by atoms with Crippen LogP contribution in [0.3, 0.4) is 0 Å². The van der Waals surface area contributed by atoms with Crippen molar-refractivity contribution >= 4 is 17.5 Å². The number of hydrogen-bond donors (Lipinski definition) is 1. The molecule has 4 aromatic rings. The van der Waals surface area contributed by atoms with Gasteiger partial charge in [0.2, 0.25) is 12.7 Å². The molecule has 8 heteroatoms. The second-order valence-electron chi connectivity index (χ2n) is 10.0. The highest BCUT2D eigenvalue weighted by atomic mass is 35.5. The average Bonchev–Trinajstić information content (AvgIpc) is 3.45. The maximum absolute atomic E-state index is 12.6. The van der Waals surface area contributed by atoms with Gasteiger partial charge in [0.15, 0.2) is 11.5 Å².